The summed E-state index contributed by atoms with van der Waals surface area (Å²) in [7, 11) is -2.87. The number of carbonyl (C=O) groups excluding carboxylic acids is 3. The van der Waals surface area contributed by atoms with Crippen molar-refractivity contribution in [3.63, 3.8) is 0 Å². The number of amides is 3. The zero-order chi connectivity index (χ0) is 30.3. The van der Waals surface area contributed by atoms with Gasteiger partial charge in [-0.05, 0) is 69.3 Å². The smallest absolute Gasteiger partial charge is 0.264 e. The number of ether oxygens (including phenoxy) is 1. The fourth-order valence-electron chi connectivity index (χ4n) is 6.08. The van der Waals surface area contributed by atoms with Crippen LogP contribution in [0.2, 0.25) is 18.6 Å². The first kappa shape index (κ1) is 30.8. The molecular formula is C29H39N3O8Si. The molecule has 0 aliphatic carbocycles. The van der Waals surface area contributed by atoms with E-state index in [1.165, 1.54) is 13.8 Å². The van der Waals surface area contributed by atoms with E-state index in [1.807, 2.05) is 6.92 Å². The Balaban J connectivity index is 1.75. The Labute approximate surface area is 240 Å². The number of aliphatic hydroxyl groups is 3. The lowest BCUT2D eigenvalue weighted by Crippen LogP contribution is -2.46. The van der Waals surface area contributed by atoms with Crippen LogP contribution in [0, 0.1) is 5.92 Å². The second kappa shape index (κ2) is 11.6. The molecule has 0 unspecified atom stereocenters. The summed E-state index contributed by atoms with van der Waals surface area (Å²) in [5.41, 5.74) is 0.990. The summed E-state index contributed by atoms with van der Waals surface area (Å²) < 4.78 is 6.59. The number of carbonyl (C=O) groups is 3. The monoisotopic (exact) mass is 585 g/mol. The molecule has 3 amide bonds. The van der Waals surface area contributed by atoms with Gasteiger partial charge in [0.25, 0.3) is 17.7 Å². The van der Waals surface area contributed by atoms with Crippen LogP contribution in [0.4, 0.5) is 17.1 Å². The van der Waals surface area contributed by atoms with E-state index in [-0.39, 0.29) is 31.0 Å². The highest BCUT2D eigenvalue weighted by Crippen LogP contribution is 2.60. The van der Waals surface area contributed by atoms with Crippen molar-refractivity contribution in [1.29, 1.82) is 0 Å². The lowest BCUT2D eigenvalue weighted by molar-refractivity contribution is -0.146. The molecule has 2 aliphatic heterocycles. The molecule has 11 nitrogen and oxygen atoms in total. The molecule has 2 aromatic carbocycles. The van der Waals surface area contributed by atoms with Gasteiger partial charge in [-0.15, -0.1) is 0 Å². The maximum atomic E-state index is 14.4. The SMILES string of the molecule is C[C@H](O)C(=O)Nc1ccc(CN2C(=O)[C@]3(O[C@H](CCO)[C@@H]([Si](C)(C)O)[C@@H]3C)c3cc(NC(=O)[C@H](C)O)ccc32)cc1. The lowest BCUT2D eigenvalue weighted by atomic mass is 9.82. The van der Waals surface area contributed by atoms with Crippen molar-refractivity contribution < 1.29 is 39.2 Å². The third kappa shape index (κ3) is 5.81. The molecule has 222 valence electrons. The number of aliphatic hydroxyl groups excluding tert-OH is 3. The van der Waals surface area contributed by atoms with Gasteiger partial charge < -0.3 is 40.4 Å². The van der Waals surface area contributed by atoms with Crippen molar-refractivity contribution in [1.82, 2.24) is 0 Å². The summed E-state index contributed by atoms with van der Waals surface area (Å²) in [4.78, 5) is 51.3. The molecule has 0 bridgehead atoms. The molecule has 2 aliphatic rings. The van der Waals surface area contributed by atoms with Crippen molar-refractivity contribution in [3.05, 3.63) is 53.6 Å². The van der Waals surface area contributed by atoms with Gasteiger partial charge >= 0.3 is 0 Å². The Morgan fingerprint density at radius 3 is 2.12 bits per heavy atom. The molecule has 6 atom stereocenters. The van der Waals surface area contributed by atoms with Crippen LogP contribution in [0.3, 0.4) is 0 Å². The number of fused-ring (bicyclic) bond motifs is 2. The number of rotatable bonds is 9. The minimum Gasteiger partial charge on any atom is -0.432 e. The maximum absolute atomic E-state index is 14.4. The summed E-state index contributed by atoms with van der Waals surface area (Å²) >= 11 is 0. The van der Waals surface area contributed by atoms with E-state index < -0.39 is 50.0 Å². The lowest BCUT2D eigenvalue weighted by Gasteiger charge is -2.32. The second-order valence-electron chi connectivity index (χ2n) is 11.5. The van der Waals surface area contributed by atoms with Crippen LogP contribution < -0.4 is 15.5 Å². The number of nitrogens with zero attached hydrogens (tertiary/aromatic N) is 1. The number of benzene rings is 2. The average Bonchev–Trinajstić information content (AvgIpc) is 3.31. The molecule has 0 aromatic heterocycles. The molecule has 0 radical (unpaired) electrons. The fourth-order valence-corrected chi connectivity index (χ4v) is 8.68. The van der Waals surface area contributed by atoms with Gasteiger partial charge in [0.05, 0.1) is 18.3 Å². The topological polar surface area (TPSA) is 169 Å². The van der Waals surface area contributed by atoms with Crippen LogP contribution in [0.15, 0.2) is 42.5 Å². The van der Waals surface area contributed by atoms with Gasteiger partial charge in [-0.3, -0.25) is 14.4 Å². The van der Waals surface area contributed by atoms with Gasteiger partial charge in [0, 0.05) is 35.0 Å². The highest BCUT2D eigenvalue weighted by atomic mass is 28.4. The van der Waals surface area contributed by atoms with Crippen molar-refractivity contribution in [2.24, 2.45) is 5.92 Å². The number of hydrogen-bond acceptors (Lipinski definition) is 8. The summed E-state index contributed by atoms with van der Waals surface area (Å²) in [6.45, 7) is 8.24. The van der Waals surface area contributed by atoms with Crippen LogP contribution in [0.1, 0.15) is 38.3 Å². The average molecular weight is 586 g/mol. The van der Waals surface area contributed by atoms with Crippen molar-refractivity contribution in [2.45, 2.75) is 76.3 Å². The standard InChI is InChI=1S/C29H39N3O8Si/c1-16-25(41(4,5)39)24(12-13-33)40-29(16)22-14-21(31-27(37)18(3)35)10-11-23(22)32(28(29)38)15-19-6-8-20(9-7-19)30-26(36)17(2)34/h6-11,14,16-18,24-25,33-35,39H,12-13,15H2,1-5H3,(H,30,36)(H,31,37)/t16-,17-,18-,24+,25-,29+/m0/s1. The molecule has 12 heteroatoms. The van der Waals surface area contributed by atoms with Gasteiger partial charge in [-0.2, -0.15) is 0 Å². The minimum absolute atomic E-state index is 0.165. The zero-order valence-electron chi connectivity index (χ0n) is 23.9. The number of hydrogen-bond donors (Lipinski definition) is 6. The molecule has 6 N–H and O–H groups in total. The van der Waals surface area contributed by atoms with Gasteiger partial charge in [0.1, 0.15) is 12.2 Å². The Morgan fingerprint density at radius 2 is 1.59 bits per heavy atom. The predicted molar refractivity (Wildman–Crippen MR) is 156 cm³/mol. The molecule has 1 saturated heterocycles. The van der Waals surface area contributed by atoms with E-state index >= 15 is 0 Å². The Kier molecular flexibility index (Phi) is 8.74. The Bertz CT molecular complexity index is 1310. The molecule has 1 fully saturated rings. The van der Waals surface area contributed by atoms with Crippen LogP contribution in [-0.2, 0) is 31.3 Å². The van der Waals surface area contributed by atoms with E-state index in [9.17, 15) is 34.5 Å². The first-order chi connectivity index (χ1) is 19.2. The number of nitrogens with one attached hydrogen (secondary N) is 2. The molecule has 41 heavy (non-hydrogen) atoms. The largest absolute Gasteiger partial charge is 0.432 e. The van der Waals surface area contributed by atoms with Gasteiger partial charge in [0.15, 0.2) is 13.9 Å². The minimum atomic E-state index is -2.87. The maximum Gasteiger partial charge on any atom is 0.264 e. The van der Waals surface area contributed by atoms with Crippen LogP contribution in [0.5, 0.6) is 0 Å². The summed E-state index contributed by atoms with van der Waals surface area (Å²) in [5.74, 6) is -1.88. The van der Waals surface area contributed by atoms with Gasteiger partial charge in [-0.1, -0.05) is 19.1 Å². The molecule has 0 saturated carbocycles. The van der Waals surface area contributed by atoms with E-state index in [0.717, 1.165) is 5.56 Å². The quantitative estimate of drug-likeness (QED) is 0.243. The van der Waals surface area contributed by atoms with Crippen molar-refractivity contribution in [3.8, 4) is 0 Å². The molecular weight excluding hydrogens is 546 g/mol. The second-order valence-corrected chi connectivity index (χ2v) is 15.5. The predicted octanol–water partition coefficient (Wildman–Crippen LogP) is 2.05. The third-order valence-electron chi connectivity index (χ3n) is 7.99. The van der Waals surface area contributed by atoms with Gasteiger partial charge in [-0.25, -0.2) is 0 Å². The molecule has 4 rings (SSSR count). The molecule has 2 aromatic rings. The van der Waals surface area contributed by atoms with E-state index in [2.05, 4.69) is 10.6 Å². The third-order valence-corrected chi connectivity index (χ3v) is 10.5. The van der Waals surface area contributed by atoms with Crippen LogP contribution in [-0.4, -0.2) is 71.1 Å². The van der Waals surface area contributed by atoms with Gasteiger partial charge in [0.2, 0.25) is 0 Å². The highest BCUT2D eigenvalue weighted by Gasteiger charge is 2.66. The number of anilines is 3. The Morgan fingerprint density at radius 1 is 1.02 bits per heavy atom. The molecule has 2 heterocycles. The first-order valence-corrected chi connectivity index (χ1v) is 16.8. The van der Waals surface area contributed by atoms with Crippen LogP contribution >= 0.6 is 0 Å². The summed E-state index contributed by atoms with van der Waals surface area (Å²) in [6.07, 6.45) is -2.68. The van der Waals surface area contributed by atoms with Crippen molar-refractivity contribution >= 4 is 43.1 Å². The summed E-state index contributed by atoms with van der Waals surface area (Å²) in [6, 6.07) is 12.0. The van der Waals surface area contributed by atoms with E-state index in [4.69, 9.17) is 4.74 Å². The normalized spacial score (nSPS) is 25.2. The van der Waals surface area contributed by atoms with Crippen molar-refractivity contribution in [2.75, 3.05) is 22.1 Å². The summed E-state index contributed by atoms with van der Waals surface area (Å²) in [5, 5.41) is 34.2. The molecule has 1 spiro atoms. The van der Waals surface area contributed by atoms with E-state index in [1.54, 1.807) is 60.5 Å². The fraction of sp³-hybridized carbons (Fsp3) is 0.483. The highest BCUT2D eigenvalue weighted by molar-refractivity contribution is 6.71. The first-order valence-electron chi connectivity index (χ1n) is 13.7. The Hall–Kier alpha value is -3.13. The zero-order valence-corrected chi connectivity index (χ0v) is 24.9. The van der Waals surface area contributed by atoms with Crippen LogP contribution in [0.25, 0.3) is 0 Å². The van der Waals surface area contributed by atoms with E-state index in [0.29, 0.717) is 22.6 Å².